The fourth-order valence-corrected chi connectivity index (χ4v) is 2.41. The van der Waals surface area contributed by atoms with E-state index in [0.29, 0.717) is 13.1 Å². The summed E-state index contributed by atoms with van der Waals surface area (Å²) < 4.78 is 7.19. The van der Waals surface area contributed by atoms with Crippen LogP contribution in [0.2, 0.25) is 0 Å². The first-order valence-corrected chi connectivity index (χ1v) is 6.93. The predicted molar refractivity (Wildman–Crippen MR) is 80.7 cm³/mol. The molecule has 2 heterocycles. The number of hydrogen-bond acceptors (Lipinski definition) is 4. The molecule has 1 aromatic carbocycles. The molecule has 0 aliphatic heterocycles. The van der Waals surface area contributed by atoms with Crippen LogP contribution in [0.1, 0.15) is 18.1 Å². The van der Waals surface area contributed by atoms with Gasteiger partial charge in [0.2, 0.25) is 0 Å². The van der Waals surface area contributed by atoms with Crippen LogP contribution in [0, 0.1) is 0 Å². The van der Waals surface area contributed by atoms with E-state index in [1.165, 1.54) is 0 Å². The maximum Gasteiger partial charge on any atom is 0.134 e. The minimum absolute atomic E-state index is 0.443. The van der Waals surface area contributed by atoms with Crippen molar-refractivity contribution < 1.29 is 9.52 Å². The first kappa shape index (κ1) is 13.9. The van der Waals surface area contributed by atoms with E-state index < -0.39 is 5.60 Å². The van der Waals surface area contributed by atoms with E-state index in [2.05, 4.69) is 10.4 Å². The minimum Gasteiger partial charge on any atom is -0.464 e. The van der Waals surface area contributed by atoms with Gasteiger partial charge < -0.3 is 14.8 Å². The molecule has 5 nitrogen and oxygen atoms in total. The molecule has 0 bridgehead atoms. The Labute approximate surface area is 123 Å². The molecule has 3 rings (SSSR count). The number of fused-ring (bicyclic) bond motifs is 1. The SMILES string of the molecule is Cn1cc(C(C)(O)CNCc2coc3ccccc23)cn1. The zero-order valence-electron chi connectivity index (χ0n) is 12.2. The van der Waals surface area contributed by atoms with Crippen molar-refractivity contribution >= 4 is 11.0 Å². The van der Waals surface area contributed by atoms with E-state index in [-0.39, 0.29) is 0 Å². The fraction of sp³-hybridized carbons (Fsp3) is 0.312. The number of aryl methyl sites for hydroxylation is 1. The van der Waals surface area contributed by atoms with Crippen molar-refractivity contribution in [2.45, 2.75) is 19.1 Å². The average molecular weight is 285 g/mol. The van der Waals surface area contributed by atoms with Crippen LogP contribution < -0.4 is 5.32 Å². The average Bonchev–Trinajstić information content (AvgIpc) is 3.06. The molecule has 0 fully saturated rings. The van der Waals surface area contributed by atoms with Crippen molar-refractivity contribution in [1.82, 2.24) is 15.1 Å². The van der Waals surface area contributed by atoms with Crippen LogP contribution in [0.25, 0.3) is 11.0 Å². The molecule has 2 N–H and O–H groups in total. The predicted octanol–water partition coefficient (Wildman–Crippen LogP) is 2.16. The minimum atomic E-state index is -0.951. The number of furan rings is 1. The highest BCUT2D eigenvalue weighted by molar-refractivity contribution is 5.80. The molecule has 0 saturated carbocycles. The van der Waals surface area contributed by atoms with Crippen LogP contribution in [-0.2, 0) is 19.2 Å². The summed E-state index contributed by atoms with van der Waals surface area (Å²) in [7, 11) is 1.84. The molecule has 0 radical (unpaired) electrons. The first-order chi connectivity index (χ1) is 10.1. The summed E-state index contributed by atoms with van der Waals surface area (Å²) in [6.45, 7) is 2.87. The van der Waals surface area contributed by atoms with Gasteiger partial charge in [-0.1, -0.05) is 18.2 Å². The van der Waals surface area contributed by atoms with Gasteiger partial charge in [-0.25, -0.2) is 0 Å². The Morgan fingerprint density at radius 1 is 1.38 bits per heavy atom. The van der Waals surface area contributed by atoms with Crippen LogP contribution in [-0.4, -0.2) is 21.4 Å². The van der Waals surface area contributed by atoms with E-state index >= 15 is 0 Å². The topological polar surface area (TPSA) is 63.2 Å². The van der Waals surface area contributed by atoms with Crippen molar-refractivity contribution in [2.24, 2.45) is 7.05 Å². The van der Waals surface area contributed by atoms with Gasteiger partial charge in [-0.05, 0) is 13.0 Å². The van der Waals surface area contributed by atoms with Crippen LogP contribution in [0.3, 0.4) is 0 Å². The highest BCUT2D eigenvalue weighted by Crippen LogP contribution is 2.22. The molecule has 3 aromatic rings. The van der Waals surface area contributed by atoms with E-state index in [1.54, 1.807) is 24.1 Å². The van der Waals surface area contributed by atoms with E-state index in [4.69, 9.17) is 4.42 Å². The number of benzene rings is 1. The molecule has 5 heteroatoms. The zero-order chi connectivity index (χ0) is 14.9. The highest BCUT2D eigenvalue weighted by Gasteiger charge is 2.24. The second-order valence-electron chi connectivity index (χ2n) is 5.54. The zero-order valence-corrected chi connectivity index (χ0v) is 12.2. The summed E-state index contributed by atoms with van der Waals surface area (Å²) in [6, 6.07) is 7.93. The third kappa shape index (κ3) is 2.84. The molecule has 0 amide bonds. The van der Waals surface area contributed by atoms with Crippen molar-refractivity contribution in [2.75, 3.05) is 6.54 Å². The number of aromatic nitrogens is 2. The molecule has 2 aromatic heterocycles. The van der Waals surface area contributed by atoms with Crippen molar-refractivity contribution in [3.63, 3.8) is 0 Å². The van der Waals surface area contributed by atoms with Crippen LogP contribution in [0.4, 0.5) is 0 Å². The van der Waals surface area contributed by atoms with Gasteiger partial charge in [-0.3, -0.25) is 4.68 Å². The Hall–Kier alpha value is -2.11. The van der Waals surface area contributed by atoms with Gasteiger partial charge in [0.25, 0.3) is 0 Å². The summed E-state index contributed by atoms with van der Waals surface area (Å²) in [4.78, 5) is 0. The molecule has 0 saturated heterocycles. The van der Waals surface area contributed by atoms with Crippen molar-refractivity contribution in [3.8, 4) is 0 Å². The van der Waals surface area contributed by atoms with Gasteiger partial charge in [0.15, 0.2) is 0 Å². The van der Waals surface area contributed by atoms with Gasteiger partial charge in [-0.15, -0.1) is 0 Å². The lowest BCUT2D eigenvalue weighted by molar-refractivity contribution is 0.0566. The van der Waals surface area contributed by atoms with Crippen LogP contribution in [0.5, 0.6) is 0 Å². The molecular formula is C16H19N3O2. The van der Waals surface area contributed by atoms with Crippen LogP contribution >= 0.6 is 0 Å². The van der Waals surface area contributed by atoms with Crippen LogP contribution in [0.15, 0.2) is 47.3 Å². The van der Waals surface area contributed by atoms with Gasteiger partial charge >= 0.3 is 0 Å². The lowest BCUT2D eigenvalue weighted by atomic mass is 9.99. The van der Waals surface area contributed by atoms with E-state index in [0.717, 1.165) is 22.1 Å². The second-order valence-corrected chi connectivity index (χ2v) is 5.54. The first-order valence-electron chi connectivity index (χ1n) is 6.93. The van der Waals surface area contributed by atoms with Crippen molar-refractivity contribution in [1.29, 1.82) is 0 Å². The molecule has 0 spiro atoms. The monoisotopic (exact) mass is 285 g/mol. The number of aliphatic hydroxyl groups is 1. The van der Waals surface area contributed by atoms with Gasteiger partial charge in [-0.2, -0.15) is 5.10 Å². The smallest absolute Gasteiger partial charge is 0.134 e. The molecule has 21 heavy (non-hydrogen) atoms. The molecule has 0 aliphatic rings. The van der Waals surface area contributed by atoms with Gasteiger partial charge in [0.1, 0.15) is 11.2 Å². The number of para-hydroxylation sites is 1. The lowest BCUT2D eigenvalue weighted by Gasteiger charge is -2.22. The Morgan fingerprint density at radius 2 is 2.19 bits per heavy atom. The maximum atomic E-state index is 10.5. The van der Waals surface area contributed by atoms with Gasteiger partial charge in [0.05, 0.1) is 12.5 Å². The largest absolute Gasteiger partial charge is 0.464 e. The lowest BCUT2D eigenvalue weighted by Crippen LogP contribution is -2.34. The number of hydrogen-bond donors (Lipinski definition) is 2. The van der Waals surface area contributed by atoms with Gasteiger partial charge in [0, 0.05) is 42.8 Å². The number of rotatable bonds is 5. The fourth-order valence-electron chi connectivity index (χ4n) is 2.41. The molecule has 1 unspecified atom stereocenters. The quantitative estimate of drug-likeness (QED) is 0.754. The van der Waals surface area contributed by atoms with E-state index in [9.17, 15) is 5.11 Å². The number of nitrogens with one attached hydrogen (secondary N) is 1. The molecule has 1 atom stereocenters. The summed E-state index contributed by atoms with van der Waals surface area (Å²) in [5, 5.41) is 19.0. The standard InChI is InChI=1S/C16H19N3O2/c1-16(20,13-8-18-19(2)9-13)11-17-7-12-10-21-15-6-4-3-5-14(12)15/h3-6,8-10,17,20H,7,11H2,1-2H3. The van der Waals surface area contributed by atoms with Crippen molar-refractivity contribution in [3.05, 3.63) is 54.0 Å². The highest BCUT2D eigenvalue weighted by atomic mass is 16.3. The second kappa shape index (κ2) is 5.35. The number of nitrogens with zero attached hydrogens (tertiary/aromatic N) is 2. The van der Waals surface area contributed by atoms with E-state index in [1.807, 2.05) is 37.5 Å². The Kier molecular flexibility index (Phi) is 3.53. The molecule has 0 aliphatic carbocycles. The summed E-state index contributed by atoms with van der Waals surface area (Å²) >= 11 is 0. The molecule has 110 valence electrons. The summed E-state index contributed by atoms with van der Waals surface area (Å²) in [5.74, 6) is 0. The summed E-state index contributed by atoms with van der Waals surface area (Å²) in [5.41, 5.74) is 1.82. The molecular weight excluding hydrogens is 266 g/mol. The Morgan fingerprint density at radius 3 is 2.95 bits per heavy atom. The third-order valence-electron chi connectivity index (χ3n) is 3.67. The normalized spacial score (nSPS) is 14.4. The summed E-state index contributed by atoms with van der Waals surface area (Å²) in [6.07, 6.45) is 5.28. The Bertz CT molecular complexity index is 743. The maximum absolute atomic E-state index is 10.5. The Balaban J connectivity index is 1.66. The third-order valence-corrected chi connectivity index (χ3v) is 3.67.